The Bertz CT molecular complexity index is 505. The van der Waals surface area contributed by atoms with Crippen LogP contribution in [0.25, 0.3) is 0 Å². The van der Waals surface area contributed by atoms with Gasteiger partial charge in [0.15, 0.2) is 0 Å². The Kier molecular flexibility index (Phi) is 3.66. The second-order valence-electron chi connectivity index (χ2n) is 3.51. The smallest absolute Gasteiger partial charge is 0.229 e. The van der Waals surface area contributed by atoms with E-state index in [4.69, 9.17) is 17.3 Å². The monoisotopic (exact) mass is 266 g/mol. The summed E-state index contributed by atoms with van der Waals surface area (Å²) in [7, 11) is 0. The zero-order valence-corrected chi connectivity index (χ0v) is 10.5. The van der Waals surface area contributed by atoms with Gasteiger partial charge in [0.2, 0.25) is 5.91 Å². The average molecular weight is 267 g/mol. The normalized spacial score (nSPS) is 10.2. The molecule has 3 N–H and O–H groups in total. The second-order valence-corrected chi connectivity index (χ2v) is 4.95. The highest BCUT2D eigenvalue weighted by atomic mass is 35.5. The first-order valence-electron chi connectivity index (χ1n) is 5.03. The number of hydrogen-bond acceptors (Lipinski definition) is 3. The van der Waals surface area contributed by atoms with Gasteiger partial charge in [-0.05, 0) is 23.6 Å². The molecule has 0 fully saturated rings. The van der Waals surface area contributed by atoms with Gasteiger partial charge in [-0.2, -0.15) is 0 Å². The van der Waals surface area contributed by atoms with E-state index >= 15 is 0 Å². The van der Waals surface area contributed by atoms with Crippen LogP contribution in [0.2, 0.25) is 5.02 Å². The van der Waals surface area contributed by atoms with Crippen molar-refractivity contribution in [3.05, 3.63) is 45.6 Å². The minimum atomic E-state index is -0.118. The molecular formula is C12H11ClN2OS. The Morgan fingerprint density at radius 3 is 2.82 bits per heavy atom. The SMILES string of the molecule is Nc1cccc(Cl)c1NC(=O)Cc1cccs1. The molecule has 17 heavy (non-hydrogen) atoms. The summed E-state index contributed by atoms with van der Waals surface area (Å²) in [6.45, 7) is 0. The summed E-state index contributed by atoms with van der Waals surface area (Å²) in [5, 5.41) is 5.11. The highest BCUT2D eigenvalue weighted by molar-refractivity contribution is 7.10. The summed E-state index contributed by atoms with van der Waals surface area (Å²) in [5.41, 5.74) is 6.70. The molecule has 0 atom stereocenters. The predicted octanol–water partition coefficient (Wildman–Crippen LogP) is 3.16. The van der Waals surface area contributed by atoms with E-state index in [2.05, 4.69) is 5.32 Å². The van der Waals surface area contributed by atoms with Crippen LogP contribution in [-0.2, 0) is 11.2 Å². The zero-order chi connectivity index (χ0) is 12.3. The number of nitrogen functional groups attached to an aromatic ring is 1. The molecule has 1 amide bonds. The second kappa shape index (κ2) is 5.21. The van der Waals surface area contributed by atoms with E-state index in [0.29, 0.717) is 22.8 Å². The van der Waals surface area contributed by atoms with E-state index < -0.39 is 0 Å². The number of carbonyl (C=O) groups is 1. The number of hydrogen-bond donors (Lipinski definition) is 2. The third-order valence-electron chi connectivity index (χ3n) is 2.23. The van der Waals surface area contributed by atoms with Gasteiger partial charge in [0.25, 0.3) is 0 Å². The standard InChI is InChI=1S/C12H11ClN2OS/c13-9-4-1-5-10(14)12(9)15-11(16)7-8-3-2-6-17-8/h1-6H,7,14H2,(H,15,16). The maximum atomic E-state index is 11.8. The molecule has 0 saturated heterocycles. The Morgan fingerprint density at radius 1 is 1.35 bits per heavy atom. The van der Waals surface area contributed by atoms with Gasteiger partial charge in [0.1, 0.15) is 0 Å². The fraction of sp³-hybridized carbons (Fsp3) is 0.0833. The van der Waals surface area contributed by atoms with E-state index in [1.165, 1.54) is 0 Å². The fourth-order valence-corrected chi connectivity index (χ4v) is 2.36. The van der Waals surface area contributed by atoms with E-state index in [0.717, 1.165) is 4.88 Å². The first-order valence-corrected chi connectivity index (χ1v) is 6.29. The summed E-state index contributed by atoms with van der Waals surface area (Å²) in [4.78, 5) is 12.8. The lowest BCUT2D eigenvalue weighted by atomic mass is 10.2. The zero-order valence-electron chi connectivity index (χ0n) is 8.94. The van der Waals surface area contributed by atoms with Crippen LogP contribution in [0, 0.1) is 0 Å². The van der Waals surface area contributed by atoms with Crippen LogP contribution < -0.4 is 11.1 Å². The largest absolute Gasteiger partial charge is 0.397 e. The summed E-state index contributed by atoms with van der Waals surface area (Å²) < 4.78 is 0. The van der Waals surface area contributed by atoms with Gasteiger partial charge in [0, 0.05) is 4.88 Å². The maximum Gasteiger partial charge on any atom is 0.229 e. The van der Waals surface area contributed by atoms with Crippen molar-refractivity contribution in [1.29, 1.82) is 0 Å². The first kappa shape index (κ1) is 12.0. The van der Waals surface area contributed by atoms with E-state index in [1.54, 1.807) is 29.5 Å². The van der Waals surface area contributed by atoms with Crippen molar-refractivity contribution in [1.82, 2.24) is 0 Å². The van der Waals surface area contributed by atoms with Crippen LogP contribution in [0.3, 0.4) is 0 Å². The molecule has 2 rings (SSSR count). The van der Waals surface area contributed by atoms with Gasteiger partial charge in [-0.25, -0.2) is 0 Å². The number of halogens is 1. The Labute approximate surface area is 108 Å². The Morgan fingerprint density at radius 2 is 2.18 bits per heavy atom. The van der Waals surface area contributed by atoms with Gasteiger partial charge in [-0.15, -0.1) is 11.3 Å². The summed E-state index contributed by atoms with van der Waals surface area (Å²) in [5.74, 6) is -0.118. The van der Waals surface area contributed by atoms with Gasteiger partial charge in [-0.1, -0.05) is 23.7 Å². The number of nitrogens with two attached hydrogens (primary N) is 1. The third kappa shape index (κ3) is 2.99. The molecule has 0 saturated carbocycles. The number of thiophene rings is 1. The average Bonchev–Trinajstić information content (AvgIpc) is 2.76. The van der Waals surface area contributed by atoms with E-state index in [1.807, 2.05) is 17.5 Å². The number of amides is 1. The number of nitrogens with one attached hydrogen (secondary N) is 1. The highest BCUT2D eigenvalue weighted by Crippen LogP contribution is 2.27. The lowest BCUT2D eigenvalue weighted by Crippen LogP contribution is -2.15. The minimum absolute atomic E-state index is 0.118. The number of rotatable bonds is 3. The summed E-state index contributed by atoms with van der Waals surface area (Å²) >= 11 is 7.51. The molecule has 0 spiro atoms. The van der Waals surface area contributed by atoms with Crippen molar-refractivity contribution in [2.45, 2.75) is 6.42 Å². The number of carbonyl (C=O) groups excluding carboxylic acids is 1. The van der Waals surface area contributed by atoms with E-state index in [9.17, 15) is 4.79 Å². The third-order valence-corrected chi connectivity index (χ3v) is 3.42. The molecule has 2 aromatic rings. The molecule has 88 valence electrons. The molecule has 5 heteroatoms. The number of para-hydroxylation sites is 1. The molecule has 1 aromatic carbocycles. The molecule has 0 unspecified atom stereocenters. The molecule has 0 aliphatic rings. The maximum absolute atomic E-state index is 11.8. The Hall–Kier alpha value is -1.52. The lowest BCUT2D eigenvalue weighted by Gasteiger charge is -2.09. The highest BCUT2D eigenvalue weighted by Gasteiger charge is 2.09. The van der Waals surface area contributed by atoms with Crippen molar-refractivity contribution < 1.29 is 4.79 Å². The van der Waals surface area contributed by atoms with Crippen LogP contribution in [-0.4, -0.2) is 5.91 Å². The van der Waals surface area contributed by atoms with Crippen molar-refractivity contribution in [2.24, 2.45) is 0 Å². The molecule has 0 aliphatic heterocycles. The molecule has 0 radical (unpaired) electrons. The van der Waals surface area contributed by atoms with Gasteiger partial charge in [-0.3, -0.25) is 4.79 Å². The van der Waals surface area contributed by atoms with Crippen molar-refractivity contribution >= 4 is 40.2 Å². The van der Waals surface area contributed by atoms with Crippen LogP contribution in [0.1, 0.15) is 4.88 Å². The summed E-state index contributed by atoms with van der Waals surface area (Å²) in [6.07, 6.45) is 0.336. The van der Waals surface area contributed by atoms with Crippen LogP contribution >= 0.6 is 22.9 Å². The first-order chi connectivity index (χ1) is 8.16. The number of benzene rings is 1. The Balaban J connectivity index is 2.08. The van der Waals surface area contributed by atoms with Crippen LogP contribution in [0.15, 0.2) is 35.7 Å². The summed E-state index contributed by atoms with van der Waals surface area (Å²) in [6, 6.07) is 8.97. The fourth-order valence-electron chi connectivity index (χ4n) is 1.43. The molecule has 1 aromatic heterocycles. The van der Waals surface area contributed by atoms with Crippen LogP contribution in [0.5, 0.6) is 0 Å². The van der Waals surface area contributed by atoms with Crippen LogP contribution in [0.4, 0.5) is 11.4 Å². The molecule has 3 nitrogen and oxygen atoms in total. The minimum Gasteiger partial charge on any atom is -0.397 e. The lowest BCUT2D eigenvalue weighted by molar-refractivity contribution is -0.115. The molecule has 0 bridgehead atoms. The van der Waals surface area contributed by atoms with Crippen molar-refractivity contribution in [2.75, 3.05) is 11.1 Å². The number of anilines is 2. The molecule has 1 heterocycles. The topological polar surface area (TPSA) is 55.1 Å². The predicted molar refractivity (Wildman–Crippen MR) is 72.5 cm³/mol. The van der Waals surface area contributed by atoms with Crippen molar-refractivity contribution in [3.63, 3.8) is 0 Å². The van der Waals surface area contributed by atoms with E-state index in [-0.39, 0.29) is 5.91 Å². The molecular weight excluding hydrogens is 256 g/mol. The van der Waals surface area contributed by atoms with Gasteiger partial charge in [0.05, 0.1) is 22.8 Å². The quantitative estimate of drug-likeness (QED) is 0.839. The van der Waals surface area contributed by atoms with Gasteiger partial charge < -0.3 is 11.1 Å². The van der Waals surface area contributed by atoms with Crippen molar-refractivity contribution in [3.8, 4) is 0 Å². The van der Waals surface area contributed by atoms with Gasteiger partial charge >= 0.3 is 0 Å². The molecule has 0 aliphatic carbocycles.